The third-order valence-electron chi connectivity index (χ3n) is 1.89. The quantitative estimate of drug-likeness (QED) is 0.821. The number of amidine groups is 1. The van der Waals surface area contributed by atoms with Crippen LogP contribution in [0.2, 0.25) is 10.0 Å². The maximum absolute atomic E-state index is 11.5. The van der Waals surface area contributed by atoms with E-state index in [0.29, 0.717) is 15.7 Å². The summed E-state index contributed by atoms with van der Waals surface area (Å²) in [5, 5.41) is 5.98. The first-order valence-corrected chi connectivity index (χ1v) is 4.94. The van der Waals surface area contributed by atoms with Crippen molar-refractivity contribution in [3.63, 3.8) is 0 Å². The molecule has 0 spiro atoms. The lowest BCUT2D eigenvalue weighted by Crippen LogP contribution is -2.19. The maximum Gasteiger partial charge on any atom is 0.255 e. The molecular formula is C9H7Cl2N3O. The minimum absolute atomic E-state index is 0.129. The normalized spacial score (nSPS) is 15.7. The minimum atomic E-state index is -0.189. The van der Waals surface area contributed by atoms with Crippen molar-refractivity contribution in [1.29, 1.82) is 0 Å². The number of hydrogen-bond acceptors (Lipinski definition) is 3. The largest absolute Gasteiger partial charge is 0.385 e. The molecule has 2 N–H and O–H groups in total. The lowest BCUT2D eigenvalue weighted by molar-refractivity contribution is -0.116. The molecule has 1 heterocycles. The molecule has 1 aliphatic heterocycles. The van der Waals surface area contributed by atoms with Gasteiger partial charge < -0.3 is 5.73 Å². The predicted octanol–water partition coefficient (Wildman–Crippen LogP) is 2.00. The molecule has 15 heavy (non-hydrogen) atoms. The van der Waals surface area contributed by atoms with E-state index < -0.39 is 0 Å². The molecule has 78 valence electrons. The first-order valence-electron chi connectivity index (χ1n) is 4.18. The van der Waals surface area contributed by atoms with Crippen LogP contribution in [-0.4, -0.2) is 11.7 Å². The first kappa shape index (κ1) is 10.3. The van der Waals surface area contributed by atoms with E-state index >= 15 is 0 Å². The van der Waals surface area contributed by atoms with Crippen molar-refractivity contribution in [3.8, 4) is 0 Å². The summed E-state index contributed by atoms with van der Waals surface area (Å²) in [7, 11) is 0. The number of carbonyl (C=O) groups is 1. The molecule has 0 bridgehead atoms. The van der Waals surface area contributed by atoms with Crippen molar-refractivity contribution < 1.29 is 4.79 Å². The number of halogens is 2. The van der Waals surface area contributed by atoms with Crippen LogP contribution < -0.4 is 10.7 Å². The van der Waals surface area contributed by atoms with Gasteiger partial charge in [0, 0.05) is 10.0 Å². The summed E-state index contributed by atoms with van der Waals surface area (Å²) < 4.78 is 0. The lowest BCUT2D eigenvalue weighted by Gasteiger charge is -2.11. The molecule has 6 heteroatoms. The topological polar surface area (TPSA) is 58.7 Å². The fraction of sp³-hybridized carbons (Fsp3) is 0.111. The van der Waals surface area contributed by atoms with Gasteiger partial charge >= 0.3 is 0 Å². The molecule has 4 nitrogen and oxygen atoms in total. The van der Waals surface area contributed by atoms with Gasteiger partial charge in [-0.05, 0) is 18.2 Å². The molecule has 2 rings (SSSR count). The fourth-order valence-electron chi connectivity index (χ4n) is 1.31. The second-order valence-corrected chi connectivity index (χ2v) is 3.97. The van der Waals surface area contributed by atoms with E-state index in [1.54, 1.807) is 18.2 Å². The zero-order valence-electron chi connectivity index (χ0n) is 7.58. The van der Waals surface area contributed by atoms with Crippen molar-refractivity contribution in [1.82, 2.24) is 0 Å². The van der Waals surface area contributed by atoms with Gasteiger partial charge in [0.05, 0.1) is 12.1 Å². The first-order chi connectivity index (χ1) is 7.06. The van der Waals surface area contributed by atoms with Gasteiger partial charge in [0.15, 0.2) is 0 Å². The maximum atomic E-state index is 11.5. The highest BCUT2D eigenvalue weighted by Gasteiger charge is 2.23. The molecule has 0 saturated carbocycles. The Kier molecular flexibility index (Phi) is 2.54. The molecule has 0 saturated heterocycles. The van der Waals surface area contributed by atoms with Gasteiger partial charge in [-0.15, -0.1) is 0 Å². The molecule has 1 amide bonds. The SMILES string of the molecule is NC1=NN(c2cc(Cl)cc(Cl)c2)C(=O)C1. The van der Waals surface area contributed by atoms with Gasteiger partial charge in [0.1, 0.15) is 5.84 Å². The Morgan fingerprint density at radius 1 is 1.27 bits per heavy atom. The molecule has 0 aliphatic carbocycles. The van der Waals surface area contributed by atoms with Crippen LogP contribution >= 0.6 is 23.2 Å². The number of nitrogens with two attached hydrogens (primary N) is 1. The number of hydrazone groups is 1. The Morgan fingerprint density at radius 2 is 1.87 bits per heavy atom. The number of carbonyl (C=O) groups excluding carboxylic acids is 1. The molecule has 0 aromatic heterocycles. The number of rotatable bonds is 1. The summed E-state index contributed by atoms with van der Waals surface area (Å²) in [6.07, 6.45) is 0.129. The van der Waals surface area contributed by atoms with Crippen molar-refractivity contribution in [2.75, 3.05) is 5.01 Å². The van der Waals surface area contributed by atoms with E-state index in [9.17, 15) is 4.79 Å². The van der Waals surface area contributed by atoms with Gasteiger partial charge in [0.2, 0.25) is 0 Å². The van der Waals surface area contributed by atoms with Gasteiger partial charge in [-0.2, -0.15) is 10.1 Å². The average Bonchev–Trinajstić information content (AvgIpc) is 2.43. The summed E-state index contributed by atoms with van der Waals surface area (Å²) in [5.41, 5.74) is 5.98. The van der Waals surface area contributed by atoms with Gasteiger partial charge in [-0.25, -0.2) is 0 Å². The van der Waals surface area contributed by atoms with E-state index in [-0.39, 0.29) is 18.2 Å². The van der Waals surface area contributed by atoms with Crippen molar-refractivity contribution in [2.24, 2.45) is 10.8 Å². The molecule has 1 aromatic carbocycles. The summed E-state index contributed by atoms with van der Waals surface area (Å²) >= 11 is 11.6. The average molecular weight is 244 g/mol. The number of anilines is 1. The zero-order valence-corrected chi connectivity index (χ0v) is 9.09. The highest BCUT2D eigenvalue weighted by molar-refractivity contribution is 6.35. The molecule has 1 aliphatic rings. The monoisotopic (exact) mass is 243 g/mol. The van der Waals surface area contributed by atoms with Crippen LogP contribution in [0, 0.1) is 0 Å². The Balaban J connectivity index is 2.41. The van der Waals surface area contributed by atoms with Crippen LogP contribution in [0.5, 0.6) is 0 Å². The number of nitrogens with zero attached hydrogens (tertiary/aromatic N) is 2. The smallest absolute Gasteiger partial charge is 0.255 e. The van der Waals surface area contributed by atoms with Crippen LogP contribution in [0.25, 0.3) is 0 Å². The summed E-state index contributed by atoms with van der Waals surface area (Å²) in [6, 6.07) is 4.79. The standard InChI is InChI=1S/C9H7Cl2N3O/c10-5-1-6(11)3-7(2-5)14-9(15)4-8(12)13-14/h1-3H,4H2,(H2,12,13). The van der Waals surface area contributed by atoms with E-state index in [0.717, 1.165) is 0 Å². The fourth-order valence-corrected chi connectivity index (χ4v) is 1.83. The van der Waals surface area contributed by atoms with Gasteiger partial charge in [-0.1, -0.05) is 23.2 Å². The van der Waals surface area contributed by atoms with Gasteiger partial charge in [-0.3, -0.25) is 4.79 Å². The number of hydrogen-bond donors (Lipinski definition) is 1. The van der Waals surface area contributed by atoms with Crippen LogP contribution in [-0.2, 0) is 4.79 Å². The number of benzene rings is 1. The Labute approximate surface area is 96.3 Å². The Hall–Kier alpha value is -1.26. The molecule has 1 aromatic rings. The van der Waals surface area contributed by atoms with Crippen LogP contribution in [0.1, 0.15) is 6.42 Å². The molecule has 0 atom stereocenters. The third-order valence-corrected chi connectivity index (χ3v) is 2.33. The second kappa shape index (κ2) is 3.72. The minimum Gasteiger partial charge on any atom is -0.385 e. The lowest BCUT2D eigenvalue weighted by atomic mass is 10.3. The Morgan fingerprint density at radius 3 is 2.33 bits per heavy atom. The van der Waals surface area contributed by atoms with Crippen LogP contribution in [0.4, 0.5) is 5.69 Å². The summed E-state index contributed by atoms with van der Waals surface area (Å²) in [6.45, 7) is 0. The van der Waals surface area contributed by atoms with E-state index in [1.165, 1.54) is 5.01 Å². The van der Waals surface area contributed by atoms with Crippen LogP contribution in [0.3, 0.4) is 0 Å². The number of amides is 1. The second-order valence-electron chi connectivity index (χ2n) is 3.10. The van der Waals surface area contributed by atoms with Crippen molar-refractivity contribution >= 4 is 40.6 Å². The molecule has 0 unspecified atom stereocenters. The highest BCUT2D eigenvalue weighted by Crippen LogP contribution is 2.27. The zero-order chi connectivity index (χ0) is 11.0. The summed E-state index contributed by atoms with van der Waals surface area (Å²) in [4.78, 5) is 11.5. The van der Waals surface area contributed by atoms with E-state index in [1.807, 2.05) is 0 Å². The van der Waals surface area contributed by atoms with Crippen LogP contribution in [0.15, 0.2) is 23.3 Å². The summed E-state index contributed by atoms with van der Waals surface area (Å²) in [5.74, 6) is 0.0990. The Bertz CT molecular complexity index is 438. The molecule has 0 radical (unpaired) electrons. The predicted molar refractivity (Wildman–Crippen MR) is 60.2 cm³/mol. The van der Waals surface area contributed by atoms with E-state index in [2.05, 4.69) is 5.10 Å². The molecular weight excluding hydrogens is 237 g/mol. The van der Waals surface area contributed by atoms with E-state index in [4.69, 9.17) is 28.9 Å². The van der Waals surface area contributed by atoms with Crippen molar-refractivity contribution in [2.45, 2.75) is 6.42 Å². The third kappa shape index (κ3) is 2.06. The molecule has 0 fully saturated rings. The highest BCUT2D eigenvalue weighted by atomic mass is 35.5. The van der Waals surface area contributed by atoms with Gasteiger partial charge in [0.25, 0.3) is 5.91 Å². The van der Waals surface area contributed by atoms with Crippen molar-refractivity contribution in [3.05, 3.63) is 28.2 Å².